The van der Waals surface area contributed by atoms with E-state index in [1.807, 2.05) is 18.2 Å². The summed E-state index contributed by atoms with van der Waals surface area (Å²) in [5.74, 6) is -1.06. The van der Waals surface area contributed by atoms with Crippen molar-refractivity contribution in [3.63, 3.8) is 0 Å². The van der Waals surface area contributed by atoms with Gasteiger partial charge in [0.2, 0.25) is 0 Å². The van der Waals surface area contributed by atoms with E-state index in [-0.39, 0.29) is 5.69 Å². The maximum absolute atomic E-state index is 11.0. The summed E-state index contributed by atoms with van der Waals surface area (Å²) in [5.41, 5.74) is 9.70. The summed E-state index contributed by atoms with van der Waals surface area (Å²) in [7, 11) is 0. The SMILES string of the molecule is [N-]=[N+]=NCCC=Cc1ccc2[nH]nc(C(=O)O)c2c1. The van der Waals surface area contributed by atoms with E-state index in [0.29, 0.717) is 23.9 Å². The van der Waals surface area contributed by atoms with Crippen LogP contribution in [-0.2, 0) is 0 Å². The molecule has 0 radical (unpaired) electrons. The first kappa shape index (κ1) is 12.7. The van der Waals surface area contributed by atoms with Crippen LogP contribution in [0.2, 0.25) is 0 Å². The lowest BCUT2D eigenvalue weighted by atomic mass is 10.1. The monoisotopic (exact) mass is 257 g/mol. The first-order chi connectivity index (χ1) is 9.22. The minimum atomic E-state index is -1.06. The van der Waals surface area contributed by atoms with E-state index in [0.717, 1.165) is 5.56 Å². The van der Waals surface area contributed by atoms with E-state index in [4.69, 9.17) is 10.6 Å². The molecule has 0 aliphatic heterocycles. The molecule has 0 atom stereocenters. The molecule has 0 saturated carbocycles. The van der Waals surface area contributed by atoms with Crippen LogP contribution in [0, 0.1) is 0 Å². The summed E-state index contributed by atoms with van der Waals surface area (Å²) in [6.07, 6.45) is 4.36. The van der Waals surface area contributed by atoms with Gasteiger partial charge in [-0.15, -0.1) is 0 Å². The van der Waals surface area contributed by atoms with Crippen LogP contribution in [0.3, 0.4) is 0 Å². The molecule has 96 valence electrons. The van der Waals surface area contributed by atoms with Crippen molar-refractivity contribution in [2.75, 3.05) is 6.54 Å². The van der Waals surface area contributed by atoms with Crippen molar-refractivity contribution < 1.29 is 9.90 Å². The van der Waals surface area contributed by atoms with Crippen LogP contribution in [-0.4, -0.2) is 27.8 Å². The summed E-state index contributed by atoms with van der Waals surface area (Å²) < 4.78 is 0. The summed E-state index contributed by atoms with van der Waals surface area (Å²) >= 11 is 0. The Hall–Kier alpha value is -2.79. The number of H-pyrrole nitrogens is 1. The number of carboxylic acids is 1. The van der Waals surface area contributed by atoms with Crippen LogP contribution in [0.5, 0.6) is 0 Å². The van der Waals surface area contributed by atoms with Gasteiger partial charge in [0.1, 0.15) is 0 Å². The molecule has 0 bridgehead atoms. The Bertz CT molecular complexity index is 682. The number of nitrogens with one attached hydrogen (secondary N) is 1. The summed E-state index contributed by atoms with van der Waals surface area (Å²) in [6.45, 7) is 0.404. The zero-order chi connectivity index (χ0) is 13.7. The zero-order valence-electron chi connectivity index (χ0n) is 9.95. The fourth-order valence-electron chi connectivity index (χ4n) is 1.69. The molecule has 0 amide bonds. The lowest BCUT2D eigenvalue weighted by molar-refractivity contribution is 0.0692. The van der Waals surface area contributed by atoms with E-state index >= 15 is 0 Å². The Balaban J connectivity index is 2.22. The molecule has 7 heteroatoms. The Morgan fingerprint density at radius 3 is 3.16 bits per heavy atom. The van der Waals surface area contributed by atoms with Crippen LogP contribution >= 0.6 is 0 Å². The first-order valence-corrected chi connectivity index (χ1v) is 5.61. The molecule has 7 nitrogen and oxygen atoms in total. The molecule has 2 N–H and O–H groups in total. The minimum Gasteiger partial charge on any atom is -0.476 e. The number of hydrogen-bond acceptors (Lipinski definition) is 3. The fourth-order valence-corrected chi connectivity index (χ4v) is 1.69. The summed E-state index contributed by atoms with van der Waals surface area (Å²) in [4.78, 5) is 13.6. The van der Waals surface area contributed by atoms with Gasteiger partial charge in [-0.3, -0.25) is 5.10 Å². The molecule has 0 unspecified atom stereocenters. The van der Waals surface area contributed by atoms with Gasteiger partial charge in [0.15, 0.2) is 5.69 Å². The highest BCUT2D eigenvalue weighted by Gasteiger charge is 2.12. The van der Waals surface area contributed by atoms with Gasteiger partial charge in [-0.25, -0.2) is 4.79 Å². The number of benzene rings is 1. The van der Waals surface area contributed by atoms with Crippen molar-refractivity contribution in [3.05, 3.63) is 46.0 Å². The second-order valence-corrected chi connectivity index (χ2v) is 3.83. The number of aromatic nitrogens is 2. The quantitative estimate of drug-likeness (QED) is 0.371. The average molecular weight is 257 g/mol. The van der Waals surface area contributed by atoms with Gasteiger partial charge in [0, 0.05) is 16.8 Å². The predicted molar refractivity (Wildman–Crippen MR) is 70.7 cm³/mol. The zero-order valence-corrected chi connectivity index (χ0v) is 9.95. The van der Waals surface area contributed by atoms with Crippen LogP contribution in [0.4, 0.5) is 0 Å². The van der Waals surface area contributed by atoms with Gasteiger partial charge >= 0.3 is 5.97 Å². The highest BCUT2D eigenvalue weighted by atomic mass is 16.4. The molecule has 1 aromatic carbocycles. The number of rotatable bonds is 5. The van der Waals surface area contributed by atoms with Gasteiger partial charge in [-0.05, 0) is 29.6 Å². The third-order valence-electron chi connectivity index (χ3n) is 2.56. The van der Waals surface area contributed by atoms with Gasteiger partial charge < -0.3 is 5.11 Å². The third kappa shape index (κ3) is 2.91. The van der Waals surface area contributed by atoms with E-state index in [1.54, 1.807) is 12.1 Å². The van der Waals surface area contributed by atoms with Gasteiger partial charge in [0.25, 0.3) is 0 Å². The number of carboxylic acid groups (broad SMARTS) is 1. The molecular formula is C12H11N5O2. The maximum atomic E-state index is 11.0. The Kier molecular flexibility index (Phi) is 3.80. The van der Waals surface area contributed by atoms with Crippen LogP contribution < -0.4 is 0 Å². The van der Waals surface area contributed by atoms with Crippen molar-refractivity contribution in [2.45, 2.75) is 6.42 Å². The number of aromatic amines is 1. The Morgan fingerprint density at radius 1 is 1.58 bits per heavy atom. The lowest BCUT2D eigenvalue weighted by Crippen LogP contribution is -1.96. The molecule has 19 heavy (non-hydrogen) atoms. The van der Waals surface area contributed by atoms with Gasteiger partial charge in [-0.2, -0.15) is 5.10 Å². The molecule has 1 aromatic heterocycles. The minimum absolute atomic E-state index is 0.0133. The molecule has 0 fully saturated rings. The highest BCUT2D eigenvalue weighted by Crippen LogP contribution is 2.18. The number of azide groups is 1. The number of nitrogens with zero attached hydrogens (tertiary/aromatic N) is 4. The van der Waals surface area contributed by atoms with E-state index < -0.39 is 5.97 Å². The second kappa shape index (κ2) is 5.70. The van der Waals surface area contributed by atoms with Crippen LogP contribution in [0.25, 0.3) is 27.4 Å². The molecule has 0 spiro atoms. The van der Waals surface area contributed by atoms with Gasteiger partial charge in [0.05, 0.1) is 5.52 Å². The van der Waals surface area contributed by atoms with Crippen molar-refractivity contribution >= 4 is 22.9 Å². The summed E-state index contributed by atoms with van der Waals surface area (Å²) in [5, 5.41) is 19.4. The molecule has 2 rings (SSSR count). The normalized spacial score (nSPS) is 10.7. The molecule has 0 aliphatic carbocycles. The molecule has 1 heterocycles. The van der Waals surface area contributed by atoms with E-state index in [9.17, 15) is 4.79 Å². The topological polar surface area (TPSA) is 115 Å². The number of hydrogen-bond donors (Lipinski definition) is 2. The molecule has 0 aliphatic rings. The average Bonchev–Trinajstić information content (AvgIpc) is 2.81. The van der Waals surface area contributed by atoms with Gasteiger partial charge in [-0.1, -0.05) is 23.3 Å². The molecular weight excluding hydrogens is 246 g/mol. The first-order valence-electron chi connectivity index (χ1n) is 5.61. The van der Waals surface area contributed by atoms with Crippen LogP contribution in [0.1, 0.15) is 22.5 Å². The molecule has 2 aromatic rings. The number of fused-ring (bicyclic) bond motifs is 1. The van der Waals surface area contributed by atoms with Crippen molar-refractivity contribution in [3.8, 4) is 0 Å². The second-order valence-electron chi connectivity index (χ2n) is 3.83. The van der Waals surface area contributed by atoms with E-state index in [2.05, 4.69) is 20.2 Å². The predicted octanol–water partition coefficient (Wildman–Crippen LogP) is 2.97. The maximum Gasteiger partial charge on any atom is 0.357 e. The smallest absolute Gasteiger partial charge is 0.357 e. The number of aromatic carboxylic acids is 1. The lowest BCUT2D eigenvalue weighted by Gasteiger charge is -1.95. The van der Waals surface area contributed by atoms with E-state index in [1.165, 1.54) is 0 Å². The third-order valence-corrected chi connectivity index (χ3v) is 2.56. The summed E-state index contributed by atoms with van der Waals surface area (Å²) in [6, 6.07) is 5.39. The van der Waals surface area contributed by atoms with Crippen LogP contribution in [0.15, 0.2) is 29.4 Å². The number of carbonyl (C=O) groups is 1. The Morgan fingerprint density at radius 2 is 2.42 bits per heavy atom. The standard InChI is InChI=1S/C12H11N5O2/c13-17-14-6-2-1-3-8-4-5-10-9(7-8)11(12(18)19)16-15-10/h1,3-5,7H,2,6H2,(H,15,16)(H,18,19). The fraction of sp³-hybridized carbons (Fsp3) is 0.167. The largest absolute Gasteiger partial charge is 0.476 e. The van der Waals surface area contributed by atoms with Crippen molar-refractivity contribution in [2.24, 2.45) is 5.11 Å². The van der Waals surface area contributed by atoms with Crippen molar-refractivity contribution in [1.29, 1.82) is 0 Å². The molecule has 0 saturated heterocycles. The highest BCUT2D eigenvalue weighted by molar-refractivity contribution is 6.01. The Labute approximate surface area is 108 Å². The van der Waals surface area contributed by atoms with Crippen molar-refractivity contribution in [1.82, 2.24) is 10.2 Å².